The Kier molecular flexibility index (Phi) is 5.83. The molecule has 86 valence electrons. The molecule has 0 aliphatic carbocycles. The van der Waals surface area contributed by atoms with Crippen LogP contribution in [-0.4, -0.2) is 23.5 Å². The summed E-state index contributed by atoms with van der Waals surface area (Å²) in [5, 5.41) is 6.83. The van der Waals surface area contributed by atoms with Gasteiger partial charge in [-0.15, -0.1) is 0 Å². The highest BCUT2D eigenvalue weighted by Gasteiger charge is 2.13. The molecule has 0 bridgehead atoms. The highest BCUT2D eigenvalue weighted by molar-refractivity contribution is 7.05. The topological polar surface area (TPSA) is 37.0 Å². The van der Waals surface area contributed by atoms with Crippen molar-refractivity contribution in [1.82, 2.24) is 15.0 Å². The van der Waals surface area contributed by atoms with E-state index in [1.165, 1.54) is 17.0 Å². The van der Waals surface area contributed by atoms with Gasteiger partial charge in [-0.2, -0.15) is 4.37 Å². The molecule has 4 heteroatoms. The second-order valence-electron chi connectivity index (χ2n) is 3.50. The maximum atomic E-state index is 4.34. The molecule has 0 aromatic carbocycles. The molecular weight excluding hydrogens is 206 g/mol. The molecule has 1 aromatic rings. The number of hydrogen-bond donors (Lipinski definition) is 2. The minimum absolute atomic E-state index is 0.641. The smallest absolute Gasteiger partial charge is 0.0682 e. The summed E-state index contributed by atoms with van der Waals surface area (Å²) in [6, 6.07) is 2.79. The molecule has 1 atom stereocenters. The lowest BCUT2D eigenvalue weighted by Gasteiger charge is -2.08. The fourth-order valence-corrected chi connectivity index (χ4v) is 2.15. The van der Waals surface area contributed by atoms with Gasteiger partial charge in [-0.05, 0) is 37.5 Å². The van der Waals surface area contributed by atoms with Crippen molar-refractivity contribution in [1.29, 1.82) is 0 Å². The van der Waals surface area contributed by atoms with Gasteiger partial charge in [0.15, 0.2) is 0 Å². The first-order valence-electron chi connectivity index (χ1n) is 5.71. The number of nitrogens with one attached hydrogen (secondary N) is 2. The Labute approximate surface area is 96.5 Å². The molecule has 1 aromatic heterocycles. The van der Waals surface area contributed by atoms with Crippen molar-refractivity contribution in [3.05, 3.63) is 16.6 Å². The minimum Gasteiger partial charge on any atom is -0.315 e. The molecular formula is C11H21N3S. The molecule has 0 radical (unpaired) electrons. The second kappa shape index (κ2) is 6.93. The number of nitrogens with zero attached hydrogens (tertiary/aromatic N) is 1. The van der Waals surface area contributed by atoms with Gasteiger partial charge < -0.3 is 10.6 Å². The van der Waals surface area contributed by atoms with E-state index in [2.05, 4.69) is 28.0 Å². The fraction of sp³-hybridized carbons (Fsp3) is 0.727. The van der Waals surface area contributed by atoms with Crippen LogP contribution in [0, 0.1) is 6.92 Å². The zero-order valence-corrected chi connectivity index (χ0v) is 10.7. The first-order valence-corrected chi connectivity index (χ1v) is 6.48. The molecule has 15 heavy (non-hydrogen) atoms. The lowest BCUT2D eigenvalue weighted by atomic mass is 10.2. The summed E-state index contributed by atoms with van der Waals surface area (Å²) in [6.45, 7) is 9.26. The summed E-state index contributed by atoms with van der Waals surface area (Å²) < 4.78 is 4.34. The normalized spacial score (nSPS) is 19.8. The minimum atomic E-state index is 0.641. The number of rotatable bonds is 3. The molecule has 0 spiro atoms. The molecule has 1 unspecified atom stereocenters. The van der Waals surface area contributed by atoms with Gasteiger partial charge in [0.05, 0.1) is 5.69 Å². The van der Waals surface area contributed by atoms with Gasteiger partial charge in [0.25, 0.3) is 0 Å². The third-order valence-corrected chi connectivity index (χ3v) is 3.04. The van der Waals surface area contributed by atoms with Crippen LogP contribution in [0.2, 0.25) is 0 Å². The summed E-state index contributed by atoms with van der Waals surface area (Å²) in [5.74, 6) is 0. The Morgan fingerprint density at radius 3 is 2.93 bits per heavy atom. The van der Waals surface area contributed by atoms with Crippen molar-refractivity contribution in [2.24, 2.45) is 0 Å². The van der Waals surface area contributed by atoms with Gasteiger partial charge in [-0.3, -0.25) is 0 Å². The molecule has 2 N–H and O–H groups in total. The van der Waals surface area contributed by atoms with Crippen molar-refractivity contribution in [3.63, 3.8) is 0 Å². The Morgan fingerprint density at radius 2 is 2.40 bits per heavy atom. The molecule has 0 saturated carbocycles. The van der Waals surface area contributed by atoms with Crippen LogP contribution in [0.25, 0.3) is 0 Å². The van der Waals surface area contributed by atoms with Crippen LogP contribution in [0.4, 0.5) is 0 Å². The largest absolute Gasteiger partial charge is 0.315 e. The van der Waals surface area contributed by atoms with Gasteiger partial charge in [0, 0.05) is 24.0 Å². The zero-order valence-electron chi connectivity index (χ0n) is 9.84. The summed E-state index contributed by atoms with van der Waals surface area (Å²) in [6.07, 6.45) is 1.24. The van der Waals surface area contributed by atoms with Gasteiger partial charge in [0.1, 0.15) is 0 Å². The highest BCUT2D eigenvalue weighted by atomic mass is 32.1. The average molecular weight is 227 g/mol. The van der Waals surface area contributed by atoms with Crippen molar-refractivity contribution >= 4 is 11.5 Å². The van der Waals surface area contributed by atoms with Crippen molar-refractivity contribution in [2.45, 2.75) is 39.8 Å². The maximum Gasteiger partial charge on any atom is 0.0682 e. The lowest BCUT2D eigenvalue weighted by molar-refractivity contribution is 0.543. The third kappa shape index (κ3) is 4.28. The van der Waals surface area contributed by atoms with Crippen molar-refractivity contribution in [3.8, 4) is 0 Å². The van der Waals surface area contributed by atoms with Crippen LogP contribution < -0.4 is 10.6 Å². The van der Waals surface area contributed by atoms with Crippen LogP contribution in [0.15, 0.2) is 6.07 Å². The standard InChI is InChI=1S/C9H15N3S.C2H6/c1-7-4-9(12-13-7)6-11-8-2-3-10-5-8;1-2/h4,8,10-11H,2-3,5-6H2,1H3;1-2H3. The van der Waals surface area contributed by atoms with E-state index in [4.69, 9.17) is 0 Å². The first-order chi connectivity index (χ1) is 7.34. The number of aryl methyl sites for hydroxylation is 1. The lowest BCUT2D eigenvalue weighted by Crippen LogP contribution is -2.30. The third-order valence-electron chi connectivity index (χ3n) is 2.31. The molecule has 2 heterocycles. The molecule has 1 fully saturated rings. The predicted molar refractivity (Wildman–Crippen MR) is 66.3 cm³/mol. The first kappa shape index (κ1) is 12.6. The van der Waals surface area contributed by atoms with E-state index >= 15 is 0 Å². The molecule has 1 aliphatic heterocycles. The fourth-order valence-electron chi connectivity index (χ4n) is 1.58. The van der Waals surface area contributed by atoms with Gasteiger partial charge >= 0.3 is 0 Å². The van der Waals surface area contributed by atoms with Crippen molar-refractivity contribution in [2.75, 3.05) is 13.1 Å². The van der Waals surface area contributed by atoms with Gasteiger partial charge in [-0.25, -0.2) is 0 Å². The van der Waals surface area contributed by atoms with E-state index in [0.29, 0.717) is 6.04 Å². The summed E-state index contributed by atoms with van der Waals surface area (Å²) in [4.78, 5) is 1.29. The van der Waals surface area contributed by atoms with E-state index in [9.17, 15) is 0 Å². The molecule has 2 rings (SSSR count). The summed E-state index contributed by atoms with van der Waals surface area (Å²) in [7, 11) is 0. The van der Waals surface area contributed by atoms with Crippen LogP contribution in [-0.2, 0) is 6.54 Å². The SMILES string of the molecule is CC.Cc1cc(CNC2CCNC2)ns1. The van der Waals surface area contributed by atoms with E-state index in [1.54, 1.807) is 11.5 Å². The van der Waals surface area contributed by atoms with E-state index in [-0.39, 0.29) is 0 Å². The molecule has 1 aliphatic rings. The second-order valence-corrected chi connectivity index (χ2v) is 4.51. The Morgan fingerprint density at radius 1 is 1.60 bits per heavy atom. The maximum absolute atomic E-state index is 4.34. The van der Waals surface area contributed by atoms with Crippen molar-refractivity contribution < 1.29 is 0 Å². The van der Waals surface area contributed by atoms with E-state index in [1.807, 2.05) is 13.8 Å². The highest BCUT2D eigenvalue weighted by Crippen LogP contribution is 2.08. The Balaban J connectivity index is 0.000000531. The van der Waals surface area contributed by atoms with E-state index in [0.717, 1.165) is 19.6 Å². The Bertz CT molecular complexity index is 267. The number of aromatic nitrogens is 1. The zero-order chi connectivity index (χ0) is 11.1. The molecule has 3 nitrogen and oxygen atoms in total. The van der Waals surface area contributed by atoms with Crippen LogP contribution in [0.1, 0.15) is 30.8 Å². The molecule has 1 saturated heterocycles. The summed E-state index contributed by atoms with van der Waals surface area (Å²) in [5.41, 5.74) is 1.18. The quantitative estimate of drug-likeness (QED) is 0.828. The predicted octanol–water partition coefficient (Wildman–Crippen LogP) is 1.93. The summed E-state index contributed by atoms with van der Waals surface area (Å²) >= 11 is 1.58. The van der Waals surface area contributed by atoms with Crippen LogP contribution in [0.5, 0.6) is 0 Å². The Hall–Kier alpha value is -0.450. The van der Waals surface area contributed by atoms with E-state index < -0.39 is 0 Å². The van der Waals surface area contributed by atoms with Gasteiger partial charge in [-0.1, -0.05) is 13.8 Å². The average Bonchev–Trinajstić information content (AvgIpc) is 2.89. The van der Waals surface area contributed by atoms with Crippen LogP contribution >= 0.6 is 11.5 Å². The number of hydrogen-bond acceptors (Lipinski definition) is 4. The van der Waals surface area contributed by atoms with Crippen LogP contribution in [0.3, 0.4) is 0 Å². The molecule has 0 amide bonds. The monoisotopic (exact) mass is 227 g/mol. The van der Waals surface area contributed by atoms with Gasteiger partial charge in [0.2, 0.25) is 0 Å².